The van der Waals surface area contributed by atoms with E-state index in [0.717, 1.165) is 5.56 Å². The number of benzene rings is 2. The fraction of sp³-hybridized carbons (Fsp3) is 0.348. The standard InChI is InChI=1S/C23H28FNO2/c1-22(2,3)18-12-10-16(11-13-18)14-20(24)17-8-7-9-19(15-17)25-21(26)27-23(4,5)6/h7-15H,1-6H3,(H,25,26)/b20-14-. The van der Waals surface area contributed by atoms with Gasteiger partial charge in [-0.05, 0) is 55.5 Å². The number of hydrogen-bond acceptors (Lipinski definition) is 2. The van der Waals surface area contributed by atoms with Crippen molar-refractivity contribution in [3.05, 3.63) is 65.2 Å². The Hall–Kier alpha value is -2.62. The van der Waals surface area contributed by atoms with Crippen LogP contribution in [0.3, 0.4) is 0 Å². The van der Waals surface area contributed by atoms with Gasteiger partial charge in [0.05, 0.1) is 0 Å². The Morgan fingerprint density at radius 2 is 1.63 bits per heavy atom. The minimum absolute atomic E-state index is 0.0580. The number of nitrogens with one attached hydrogen (secondary N) is 1. The summed E-state index contributed by atoms with van der Waals surface area (Å²) < 4.78 is 19.9. The summed E-state index contributed by atoms with van der Waals surface area (Å²) in [6.07, 6.45) is 0.917. The van der Waals surface area contributed by atoms with Crippen LogP contribution in [0.4, 0.5) is 14.9 Å². The van der Waals surface area contributed by atoms with Crippen molar-refractivity contribution in [3.8, 4) is 0 Å². The number of anilines is 1. The molecule has 0 radical (unpaired) electrons. The second kappa shape index (κ2) is 7.95. The molecule has 0 heterocycles. The van der Waals surface area contributed by atoms with Crippen molar-refractivity contribution in [2.45, 2.75) is 52.6 Å². The zero-order valence-electron chi connectivity index (χ0n) is 16.9. The van der Waals surface area contributed by atoms with Crippen LogP contribution in [-0.2, 0) is 10.2 Å². The number of hydrogen-bond donors (Lipinski definition) is 1. The van der Waals surface area contributed by atoms with Crippen LogP contribution >= 0.6 is 0 Å². The van der Waals surface area contributed by atoms with E-state index in [1.54, 1.807) is 45.0 Å². The van der Waals surface area contributed by atoms with Gasteiger partial charge < -0.3 is 4.74 Å². The van der Waals surface area contributed by atoms with Gasteiger partial charge in [0.2, 0.25) is 0 Å². The Morgan fingerprint density at radius 3 is 2.19 bits per heavy atom. The van der Waals surface area contributed by atoms with E-state index in [1.807, 2.05) is 24.3 Å². The maximum Gasteiger partial charge on any atom is 0.412 e. The molecule has 27 heavy (non-hydrogen) atoms. The highest BCUT2D eigenvalue weighted by Crippen LogP contribution is 2.25. The van der Waals surface area contributed by atoms with Gasteiger partial charge in [-0.2, -0.15) is 0 Å². The molecule has 144 valence electrons. The smallest absolute Gasteiger partial charge is 0.412 e. The summed E-state index contributed by atoms with van der Waals surface area (Å²) in [5.74, 6) is -0.369. The van der Waals surface area contributed by atoms with E-state index in [9.17, 15) is 9.18 Å². The van der Waals surface area contributed by atoms with Crippen LogP contribution in [-0.4, -0.2) is 11.7 Å². The summed E-state index contributed by atoms with van der Waals surface area (Å²) in [6, 6.07) is 14.5. The van der Waals surface area contributed by atoms with E-state index in [4.69, 9.17) is 4.74 Å². The van der Waals surface area contributed by atoms with Crippen molar-refractivity contribution in [1.82, 2.24) is 0 Å². The Labute approximate surface area is 161 Å². The Balaban J connectivity index is 2.15. The summed E-state index contributed by atoms with van der Waals surface area (Å²) in [6.45, 7) is 11.8. The molecule has 0 aromatic heterocycles. The molecule has 0 bridgehead atoms. The average Bonchev–Trinajstić information content (AvgIpc) is 2.53. The van der Waals surface area contributed by atoms with Crippen LogP contribution in [0.1, 0.15) is 58.2 Å². The maximum atomic E-state index is 14.7. The lowest BCUT2D eigenvalue weighted by Crippen LogP contribution is -2.27. The Kier molecular flexibility index (Phi) is 6.09. The van der Waals surface area contributed by atoms with Crippen LogP contribution in [0, 0.1) is 0 Å². The quantitative estimate of drug-likeness (QED) is 0.604. The summed E-state index contributed by atoms with van der Waals surface area (Å²) >= 11 is 0. The maximum absolute atomic E-state index is 14.7. The summed E-state index contributed by atoms with van der Waals surface area (Å²) in [5, 5.41) is 2.63. The molecule has 0 spiro atoms. The lowest BCUT2D eigenvalue weighted by Gasteiger charge is -2.19. The van der Waals surface area contributed by atoms with Crippen LogP contribution in [0.2, 0.25) is 0 Å². The summed E-state index contributed by atoms with van der Waals surface area (Å²) in [4.78, 5) is 11.9. The number of halogens is 1. The second-order valence-corrected chi connectivity index (χ2v) is 8.57. The predicted molar refractivity (Wildman–Crippen MR) is 110 cm³/mol. The van der Waals surface area contributed by atoms with Crippen LogP contribution in [0.15, 0.2) is 48.5 Å². The van der Waals surface area contributed by atoms with Crippen molar-refractivity contribution < 1.29 is 13.9 Å². The molecule has 0 fully saturated rings. The monoisotopic (exact) mass is 369 g/mol. The van der Waals surface area contributed by atoms with Crippen LogP contribution in [0.5, 0.6) is 0 Å². The molecule has 3 nitrogen and oxygen atoms in total. The van der Waals surface area contributed by atoms with Gasteiger partial charge in [0.1, 0.15) is 11.4 Å². The van der Waals surface area contributed by atoms with Crippen molar-refractivity contribution in [2.24, 2.45) is 0 Å². The largest absolute Gasteiger partial charge is 0.444 e. The molecule has 0 aliphatic heterocycles. The van der Waals surface area contributed by atoms with E-state index in [1.165, 1.54) is 11.6 Å². The fourth-order valence-corrected chi connectivity index (χ4v) is 2.48. The highest BCUT2D eigenvalue weighted by Gasteiger charge is 2.16. The lowest BCUT2D eigenvalue weighted by atomic mass is 9.86. The molecule has 0 aliphatic carbocycles. The SMILES string of the molecule is CC(C)(C)OC(=O)Nc1cccc(/C(F)=C/c2ccc(C(C)(C)C)cc2)c1. The molecular formula is C23H28FNO2. The van der Waals surface area contributed by atoms with Crippen LogP contribution < -0.4 is 5.32 Å². The first-order valence-electron chi connectivity index (χ1n) is 9.02. The molecule has 2 rings (SSSR count). The van der Waals surface area contributed by atoms with Crippen molar-refractivity contribution in [1.29, 1.82) is 0 Å². The van der Waals surface area contributed by atoms with Gasteiger partial charge in [-0.25, -0.2) is 9.18 Å². The van der Waals surface area contributed by atoms with Gasteiger partial charge in [-0.1, -0.05) is 57.2 Å². The molecule has 1 N–H and O–H groups in total. The Morgan fingerprint density at radius 1 is 1.00 bits per heavy atom. The normalized spacial score (nSPS) is 12.6. The first-order chi connectivity index (χ1) is 12.4. The van der Waals surface area contributed by atoms with Gasteiger partial charge in [0, 0.05) is 11.3 Å². The highest BCUT2D eigenvalue weighted by molar-refractivity contribution is 5.86. The number of rotatable bonds is 3. The van der Waals surface area contributed by atoms with Gasteiger partial charge >= 0.3 is 6.09 Å². The van der Waals surface area contributed by atoms with Gasteiger partial charge in [0.15, 0.2) is 0 Å². The highest BCUT2D eigenvalue weighted by atomic mass is 19.1. The molecule has 4 heteroatoms. The van der Waals surface area contributed by atoms with E-state index in [2.05, 4.69) is 26.1 Å². The molecule has 2 aromatic rings. The van der Waals surface area contributed by atoms with Crippen LogP contribution in [0.25, 0.3) is 11.9 Å². The summed E-state index contributed by atoms with van der Waals surface area (Å²) in [7, 11) is 0. The molecule has 0 saturated carbocycles. The van der Waals surface area contributed by atoms with E-state index < -0.39 is 11.7 Å². The Bertz CT molecular complexity index is 825. The molecule has 0 atom stereocenters. The first-order valence-corrected chi connectivity index (χ1v) is 9.02. The summed E-state index contributed by atoms with van der Waals surface area (Å²) in [5.41, 5.74) is 2.32. The predicted octanol–water partition coefficient (Wildman–Crippen LogP) is 6.80. The third-order valence-electron chi connectivity index (χ3n) is 3.85. The molecule has 0 saturated heterocycles. The third-order valence-corrected chi connectivity index (χ3v) is 3.85. The fourth-order valence-electron chi connectivity index (χ4n) is 2.48. The van der Waals surface area contributed by atoms with E-state index in [0.29, 0.717) is 11.3 Å². The zero-order valence-corrected chi connectivity index (χ0v) is 16.9. The number of carbonyl (C=O) groups excluding carboxylic acids is 1. The first kappa shape index (κ1) is 20.7. The molecule has 0 aliphatic rings. The van der Waals surface area contributed by atoms with Crippen molar-refractivity contribution >= 4 is 23.7 Å². The number of amides is 1. The van der Waals surface area contributed by atoms with E-state index >= 15 is 0 Å². The minimum Gasteiger partial charge on any atom is -0.444 e. The topological polar surface area (TPSA) is 38.3 Å². The van der Waals surface area contributed by atoms with Crippen molar-refractivity contribution in [3.63, 3.8) is 0 Å². The third kappa shape index (κ3) is 6.55. The van der Waals surface area contributed by atoms with Crippen molar-refractivity contribution in [2.75, 3.05) is 5.32 Å². The minimum atomic E-state index is -0.591. The molecule has 0 unspecified atom stereocenters. The lowest BCUT2D eigenvalue weighted by molar-refractivity contribution is 0.0636. The zero-order chi connectivity index (χ0) is 20.2. The van der Waals surface area contributed by atoms with E-state index in [-0.39, 0.29) is 11.2 Å². The second-order valence-electron chi connectivity index (χ2n) is 8.57. The van der Waals surface area contributed by atoms with Gasteiger partial charge in [-0.15, -0.1) is 0 Å². The van der Waals surface area contributed by atoms with Gasteiger partial charge in [0.25, 0.3) is 0 Å². The average molecular weight is 369 g/mol. The molecule has 2 aromatic carbocycles. The number of carbonyl (C=O) groups is 1. The number of ether oxygens (including phenoxy) is 1. The molecule has 1 amide bonds. The van der Waals surface area contributed by atoms with Gasteiger partial charge in [-0.3, -0.25) is 5.32 Å². The molecular weight excluding hydrogens is 341 g/mol.